The second-order valence-corrected chi connectivity index (χ2v) is 3.42. The van der Waals surface area contributed by atoms with Gasteiger partial charge in [-0.05, 0) is 13.0 Å². The predicted octanol–water partition coefficient (Wildman–Crippen LogP) is -0.454. The molecule has 0 saturated heterocycles. The molecule has 0 rings (SSSR count). The van der Waals surface area contributed by atoms with E-state index in [9.17, 15) is 9.59 Å². The van der Waals surface area contributed by atoms with Crippen molar-refractivity contribution in [3.8, 4) is 0 Å². The number of hydrogen-bond acceptors (Lipinski definition) is 5. The lowest BCUT2D eigenvalue weighted by molar-refractivity contribution is -0.140. The lowest BCUT2D eigenvalue weighted by atomic mass is 10.4. The first-order valence-corrected chi connectivity index (χ1v) is 5.31. The predicted molar refractivity (Wildman–Crippen MR) is 59.3 cm³/mol. The number of ether oxygens (including phenoxy) is 1. The number of methoxy groups -OCH3 is 1. The minimum atomic E-state index is -0.832. The van der Waals surface area contributed by atoms with Crippen molar-refractivity contribution < 1.29 is 19.4 Å². The van der Waals surface area contributed by atoms with Crippen molar-refractivity contribution in [1.82, 2.24) is 10.2 Å². The maximum absolute atomic E-state index is 10.8. The molecule has 94 valence electrons. The van der Waals surface area contributed by atoms with Crippen molar-refractivity contribution in [2.24, 2.45) is 0 Å². The van der Waals surface area contributed by atoms with Crippen molar-refractivity contribution in [3.63, 3.8) is 0 Å². The molecule has 0 aromatic heterocycles. The van der Waals surface area contributed by atoms with Crippen LogP contribution in [0.25, 0.3) is 0 Å². The van der Waals surface area contributed by atoms with Gasteiger partial charge in [-0.15, -0.1) is 0 Å². The number of carbonyl (C=O) groups excluding carboxylic acids is 1. The SMILES string of the molecule is CCCN(CCNCC(=O)OC)CC(=O)O. The molecule has 16 heavy (non-hydrogen) atoms. The average molecular weight is 232 g/mol. The van der Waals surface area contributed by atoms with Gasteiger partial charge in [-0.2, -0.15) is 0 Å². The van der Waals surface area contributed by atoms with Gasteiger partial charge in [0.1, 0.15) is 0 Å². The Kier molecular flexibility index (Phi) is 8.46. The molecule has 0 amide bonds. The fourth-order valence-electron chi connectivity index (χ4n) is 1.28. The zero-order valence-electron chi connectivity index (χ0n) is 9.86. The van der Waals surface area contributed by atoms with Crippen molar-refractivity contribution >= 4 is 11.9 Å². The second kappa shape index (κ2) is 9.11. The van der Waals surface area contributed by atoms with Gasteiger partial charge < -0.3 is 15.2 Å². The highest BCUT2D eigenvalue weighted by molar-refractivity contribution is 5.71. The van der Waals surface area contributed by atoms with Crippen LogP contribution in [0.1, 0.15) is 13.3 Å². The first-order chi connectivity index (χ1) is 7.60. The van der Waals surface area contributed by atoms with Gasteiger partial charge in [0, 0.05) is 13.1 Å². The summed E-state index contributed by atoms with van der Waals surface area (Å²) < 4.78 is 4.46. The number of hydrogen-bond donors (Lipinski definition) is 2. The summed E-state index contributed by atoms with van der Waals surface area (Å²) in [7, 11) is 1.33. The van der Waals surface area contributed by atoms with Crippen LogP contribution in [-0.4, -0.2) is 61.8 Å². The minimum Gasteiger partial charge on any atom is -0.480 e. The molecule has 0 heterocycles. The molecule has 0 unspecified atom stereocenters. The molecule has 0 saturated carbocycles. The van der Waals surface area contributed by atoms with E-state index >= 15 is 0 Å². The molecule has 0 fully saturated rings. The summed E-state index contributed by atoms with van der Waals surface area (Å²) in [6.45, 7) is 4.11. The van der Waals surface area contributed by atoms with Gasteiger partial charge in [0.2, 0.25) is 0 Å². The minimum absolute atomic E-state index is 0.0355. The highest BCUT2D eigenvalue weighted by Gasteiger charge is 2.08. The topological polar surface area (TPSA) is 78.9 Å². The number of nitrogens with one attached hydrogen (secondary N) is 1. The van der Waals surface area contributed by atoms with Crippen molar-refractivity contribution in [2.45, 2.75) is 13.3 Å². The molecule has 2 N–H and O–H groups in total. The highest BCUT2D eigenvalue weighted by Crippen LogP contribution is 1.90. The summed E-state index contributed by atoms with van der Waals surface area (Å²) >= 11 is 0. The summed E-state index contributed by atoms with van der Waals surface area (Å²) in [6.07, 6.45) is 0.907. The molecule has 0 aliphatic rings. The summed E-state index contributed by atoms with van der Waals surface area (Å²) in [5.41, 5.74) is 0. The standard InChI is InChI=1S/C10H20N2O4/c1-3-5-12(8-9(13)14)6-4-11-7-10(15)16-2/h11H,3-8H2,1-2H3,(H,13,14). The number of rotatable bonds is 9. The van der Waals surface area contributed by atoms with Crippen molar-refractivity contribution in [3.05, 3.63) is 0 Å². The second-order valence-electron chi connectivity index (χ2n) is 3.42. The first kappa shape index (κ1) is 14.9. The number of carboxylic acids is 1. The van der Waals surface area contributed by atoms with E-state index in [1.165, 1.54) is 7.11 Å². The van der Waals surface area contributed by atoms with Crippen LogP contribution < -0.4 is 5.32 Å². The first-order valence-electron chi connectivity index (χ1n) is 5.31. The molecule has 0 radical (unpaired) electrons. The van der Waals surface area contributed by atoms with Crippen LogP contribution in [0.3, 0.4) is 0 Å². The average Bonchev–Trinajstić information content (AvgIpc) is 2.23. The zero-order valence-corrected chi connectivity index (χ0v) is 9.86. The summed E-state index contributed by atoms with van der Waals surface area (Å²) in [5.74, 6) is -1.15. The summed E-state index contributed by atoms with van der Waals surface area (Å²) in [5, 5.41) is 11.5. The Bertz CT molecular complexity index is 221. The van der Waals surface area contributed by atoms with Gasteiger partial charge in [0.05, 0.1) is 20.2 Å². The highest BCUT2D eigenvalue weighted by atomic mass is 16.5. The normalized spacial score (nSPS) is 10.4. The van der Waals surface area contributed by atoms with Gasteiger partial charge in [-0.3, -0.25) is 14.5 Å². The lowest BCUT2D eigenvalue weighted by Gasteiger charge is -2.19. The number of carbonyl (C=O) groups is 2. The van der Waals surface area contributed by atoms with E-state index in [1.54, 1.807) is 0 Å². The third-order valence-electron chi connectivity index (χ3n) is 2.00. The van der Waals surface area contributed by atoms with Crippen LogP contribution in [0.5, 0.6) is 0 Å². The molecular weight excluding hydrogens is 212 g/mol. The molecule has 0 aromatic rings. The number of carboxylic acid groups (broad SMARTS) is 1. The Balaban J connectivity index is 3.67. The smallest absolute Gasteiger partial charge is 0.319 e. The maximum atomic E-state index is 10.8. The molecule has 0 aliphatic carbocycles. The summed E-state index contributed by atoms with van der Waals surface area (Å²) in [6, 6.07) is 0. The van der Waals surface area contributed by atoms with Crippen molar-refractivity contribution in [2.75, 3.05) is 39.8 Å². The molecule has 6 nitrogen and oxygen atoms in total. The molecule has 0 spiro atoms. The van der Waals surface area contributed by atoms with Gasteiger partial charge >= 0.3 is 11.9 Å². The van der Waals surface area contributed by atoms with Crippen LogP contribution in [-0.2, 0) is 14.3 Å². The van der Waals surface area contributed by atoms with Gasteiger partial charge in [0.25, 0.3) is 0 Å². The number of esters is 1. The Hall–Kier alpha value is -1.14. The Labute approximate surface area is 95.6 Å². The molecular formula is C10H20N2O4. The Morgan fingerprint density at radius 1 is 1.38 bits per heavy atom. The quantitative estimate of drug-likeness (QED) is 0.414. The van der Waals surface area contributed by atoms with E-state index in [0.29, 0.717) is 13.1 Å². The van der Waals surface area contributed by atoms with Crippen LogP contribution in [0.2, 0.25) is 0 Å². The monoisotopic (exact) mass is 232 g/mol. The van der Waals surface area contributed by atoms with E-state index in [4.69, 9.17) is 5.11 Å². The Morgan fingerprint density at radius 3 is 2.56 bits per heavy atom. The lowest BCUT2D eigenvalue weighted by Crippen LogP contribution is -2.37. The van der Waals surface area contributed by atoms with Crippen LogP contribution >= 0.6 is 0 Å². The fourth-order valence-corrected chi connectivity index (χ4v) is 1.28. The van der Waals surface area contributed by atoms with E-state index < -0.39 is 5.97 Å². The van der Waals surface area contributed by atoms with E-state index in [2.05, 4.69) is 10.1 Å². The third kappa shape index (κ3) is 8.19. The van der Waals surface area contributed by atoms with Gasteiger partial charge in [-0.25, -0.2) is 0 Å². The molecule has 0 bridgehead atoms. The summed E-state index contributed by atoms with van der Waals surface area (Å²) in [4.78, 5) is 23.1. The third-order valence-corrected chi connectivity index (χ3v) is 2.00. The van der Waals surface area contributed by atoms with Crippen molar-refractivity contribution in [1.29, 1.82) is 0 Å². The molecule has 0 aliphatic heterocycles. The largest absolute Gasteiger partial charge is 0.480 e. The van der Waals surface area contributed by atoms with Crippen LogP contribution in [0, 0.1) is 0 Å². The Morgan fingerprint density at radius 2 is 2.06 bits per heavy atom. The van der Waals surface area contributed by atoms with E-state index in [-0.39, 0.29) is 19.1 Å². The maximum Gasteiger partial charge on any atom is 0.319 e. The molecule has 0 atom stereocenters. The number of aliphatic carboxylic acids is 1. The van der Waals surface area contributed by atoms with Crippen LogP contribution in [0.15, 0.2) is 0 Å². The molecule has 6 heteroatoms. The van der Waals surface area contributed by atoms with Gasteiger partial charge in [-0.1, -0.05) is 6.92 Å². The molecule has 0 aromatic carbocycles. The number of nitrogens with zero attached hydrogens (tertiary/aromatic N) is 1. The van der Waals surface area contributed by atoms with E-state index in [1.807, 2.05) is 11.8 Å². The zero-order chi connectivity index (χ0) is 12.4. The fraction of sp³-hybridized carbons (Fsp3) is 0.800. The van der Waals surface area contributed by atoms with E-state index in [0.717, 1.165) is 13.0 Å². The van der Waals surface area contributed by atoms with Gasteiger partial charge in [0.15, 0.2) is 0 Å². The van der Waals surface area contributed by atoms with Crippen LogP contribution in [0.4, 0.5) is 0 Å².